The monoisotopic (exact) mass is 357 g/mol. The molecular weight excluding hydrogens is 346 g/mol. The highest BCUT2D eigenvalue weighted by molar-refractivity contribution is 9.10. The summed E-state index contributed by atoms with van der Waals surface area (Å²) in [5.74, 6) is -0.0428. The molecule has 0 atom stereocenters. The molecule has 0 bridgehead atoms. The average molecular weight is 358 g/mol. The summed E-state index contributed by atoms with van der Waals surface area (Å²) in [4.78, 5) is 16.2. The van der Waals surface area contributed by atoms with Crippen LogP contribution >= 0.6 is 15.9 Å². The second-order valence-corrected chi connectivity index (χ2v) is 5.81. The van der Waals surface area contributed by atoms with Crippen LogP contribution in [0.1, 0.15) is 16.8 Å². The van der Waals surface area contributed by atoms with Crippen molar-refractivity contribution in [2.24, 2.45) is 0 Å². The fourth-order valence-electron chi connectivity index (χ4n) is 2.05. The number of hydrogen-bond acceptors (Lipinski definition) is 4. The van der Waals surface area contributed by atoms with Crippen LogP contribution in [0.15, 0.2) is 56.1 Å². The molecule has 5 heteroatoms. The molecule has 1 heterocycles. The van der Waals surface area contributed by atoms with Gasteiger partial charge >= 0.3 is 5.63 Å². The summed E-state index contributed by atoms with van der Waals surface area (Å²) in [6.45, 7) is 1.91. The Morgan fingerprint density at radius 1 is 1.23 bits per heavy atom. The molecule has 0 radical (unpaired) electrons. The van der Waals surface area contributed by atoms with Crippen LogP contribution in [0, 0.1) is 6.92 Å². The molecule has 0 fully saturated rings. The van der Waals surface area contributed by atoms with Crippen molar-refractivity contribution in [1.82, 2.24) is 4.98 Å². The summed E-state index contributed by atoms with van der Waals surface area (Å²) >= 11 is 3.33. The number of aliphatic hydroxyl groups is 1. The summed E-state index contributed by atoms with van der Waals surface area (Å²) in [5.41, 5.74) is 2.07. The molecule has 1 aromatic heterocycles. The minimum absolute atomic E-state index is 0.0428. The predicted molar refractivity (Wildman–Crippen MR) is 89.7 cm³/mol. The summed E-state index contributed by atoms with van der Waals surface area (Å²) in [6.07, 6.45) is 1.31. The zero-order chi connectivity index (χ0) is 15.7. The third-order valence-electron chi connectivity index (χ3n) is 3.18. The highest BCUT2D eigenvalue weighted by Gasteiger charge is 2.07. The van der Waals surface area contributed by atoms with Gasteiger partial charge in [-0.3, -0.25) is 0 Å². The second kappa shape index (κ2) is 5.77. The maximum Gasteiger partial charge on any atom is 0.362 e. The summed E-state index contributed by atoms with van der Waals surface area (Å²) in [7, 11) is 0. The molecule has 3 aromatic rings. The molecule has 22 heavy (non-hydrogen) atoms. The highest BCUT2D eigenvalue weighted by Crippen LogP contribution is 2.18. The quantitative estimate of drug-likeness (QED) is 0.694. The van der Waals surface area contributed by atoms with E-state index in [4.69, 9.17) is 4.42 Å². The number of aliphatic hydroxyl groups excluding tert-OH is 1. The lowest BCUT2D eigenvalue weighted by Gasteiger charge is -2.02. The third kappa shape index (κ3) is 2.94. The molecule has 110 valence electrons. The third-order valence-corrected chi connectivity index (χ3v) is 3.71. The first kappa shape index (κ1) is 14.5. The molecule has 1 N–H and O–H groups in total. The Kier molecular flexibility index (Phi) is 3.81. The minimum atomic E-state index is -0.582. The van der Waals surface area contributed by atoms with Crippen molar-refractivity contribution in [2.45, 2.75) is 6.92 Å². The second-order valence-electron chi connectivity index (χ2n) is 4.89. The van der Waals surface area contributed by atoms with E-state index in [1.54, 1.807) is 36.4 Å². The van der Waals surface area contributed by atoms with Gasteiger partial charge in [-0.1, -0.05) is 34.1 Å². The van der Waals surface area contributed by atoms with Crippen LogP contribution in [0.3, 0.4) is 0 Å². The topological polar surface area (TPSA) is 63.3 Å². The van der Waals surface area contributed by atoms with E-state index in [1.807, 2.05) is 13.0 Å². The average Bonchev–Trinajstić information content (AvgIpc) is 2.49. The zero-order valence-electron chi connectivity index (χ0n) is 11.7. The largest absolute Gasteiger partial charge is 0.507 e. The molecule has 0 unspecified atom stereocenters. The van der Waals surface area contributed by atoms with Crippen LogP contribution in [0.4, 0.5) is 0 Å². The minimum Gasteiger partial charge on any atom is -0.507 e. The number of benzene rings is 2. The Morgan fingerprint density at radius 3 is 2.68 bits per heavy atom. The van der Waals surface area contributed by atoms with E-state index >= 15 is 0 Å². The van der Waals surface area contributed by atoms with Crippen LogP contribution in [-0.2, 0) is 0 Å². The van der Waals surface area contributed by atoms with Gasteiger partial charge in [0.1, 0.15) is 11.3 Å². The molecule has 0 aliphatic heterocycles. The van der Waals surface area contributed by atoms with Gasteiger partial charge in [0.05, 0.1) is 0 Å². The van der Waals surface area contributed by atoms with Crippen LogP contribution in [0.25, 0.3) is 22.9 Å². The van der Waals surface area contributed by atoms with Gasteiger partial charge in [-0.25, -0.2) is 9.78 Å². The Bertz CT molecular complexity index is 927. The van der Waals surface area contributed by atoms with Crippen molar-refractivity contribution in [3.05, 3.63) is 74.2 Å². The van der Waals surface area contributed by atoms with E-state index in [9.17, 15) is 9.90 Å². The Hall–Kier alpha value is -2.40. The Labute approximate surface area is 134 Å². The Morgan fingerprint density at radius 2 is 1.95 bits per heavy atom. The van der Waals surface area contributed by atoms with Crippen molar-refractivity contribution in [2.75, 3.05) is 0 Å². The molecule has 0 spiro atoms. The van der Waals surface area contributed by atoms with Gasteiger partial charge in [-0.05, 0) is 36.8 Å². The molecule has 3 rings (SSSR count). The van der Waals surface area contributed by atoms with Crippen LogP contribution in [0.5, 0.6) is 0 Å². The zero-order valence-corrected chi connectivity index (χ0v) is 13.3. The smallest absolute Gasteiger partial charge is 0.362 e. The van der Waals surface area contributed by atoms with Crippen LogP contribution in [-0.4, -0.2) is 10.1 Å². The number of hydrogen-bond donors (Lipinski definition) is 1. The lowest BCUT2D eigenvalue weighted by Crippen LogP contribution is -2.06. The molecule has 2 aromatic carbocycles. The van der Waals surface area contributed by atoms with Gasteiger partial charge < -0.3 is 9.52 Å². The van der Waals surface area contributed by atoms with Crippen LogP contribution < -0.4 is 5.63 Å². The predicted octanol–water partition coefficient (Wildman–Crippen LogP) is 4.32. The standard InChI is InChI=1S/C17H12BrNO3/c1-10-2-7-13-16(8-10)22-17(21)14(19-13)9-15(20)11-3-5-12(18)6-4-11/h2-9,20H,1H3/b15-9-. The van der Waals surface area contributed by atoms with Crippen molar-refractivity contribution in [1.29, 1.82) is 0 Å². The molecule has 0 amide bonds. The number of aromatic nitrogens is 1. The number of aryl methyl sites for hydroxylation is 1. The van der Waals surface area contributed by atoms with Crippen molar-refractivity contribution >= 4 is 38.9 Å². The molecule has 0 aliphatic carbocycles. The molecule has 0 saturated heterocycles. The first-order chi connectivity index (χ1) is 10.5. The van der Waals surface area contributed by atoms with E-state index in [0.29, 0.717) is 16.7 Å². The van der Waals surface area contributed by atoms with E-state index in [1.165, 1.54) is 6.08 Å². The number of nitrogens with zero attached hydrogens (tertiary/aromatic N) is 1. The van der Waals surface area contributed by atoms with E-state index in [-0.39, 0.29) is 11.5 Å². The summed E-state index contributed by atoms with van der Waals surface area (Å²) < 4.78 is 6.15. The maximum atomic E-state index is 12.0. The lowest BCUT2D eigenvalue weighted by atomic mass is 10.1. The number of rotatable bonds is 2. The van der Waals surface area contributed by atoms with Gasteiger partial charge in [0, 0.05) is 16.1 Å². The number of halogens is 1. The SMILES string of the molecule is Cc1ccc2nc(/C=C(\O)c3ccc(Br)cc3)c(=O)oc2c1. The number of fused-ring (bicyclic) bond motifs is 1. The van der Waals surface area contributed by atoms with Gasteiger partial charge in [-0.2, -0.15) is 0 Å². The normalized spacial score (nSPS) is 11.8. The van der Waals surface area contributed by atoms with Gasteiger partial charge in [-0.15, -0.1) is 0 Å². The van der Waals surface area contributed by atoms with Crippen molar-refractivity contribution < 1.29 is 9.52 Å². The highest BCUT2D eigenvalue weighted by atomic mass is 79.9. The maximum absolute atomic E-state index is 12.0. The van der Waals surface area contributed by atoms with E-state index in [0.717, 1.165) is 10.0 Å². The van der Waals surface area contributed by atoms with Gasteiger partial charge in [0.2, 0.25) is 0 Å². The first-order valence-corrected chi connectivity index (χ1v) is 7.40. The lowest BCUT2D eigenvalue weighted by molar-refractivity contribution is 0.514. The fraction of sp³-hybridized carbons (Fsp3) is 0.0588. The molecule has 0 saturated carbocycles. The summed E-state index contributed by atoms with van der Waals surface area (Å²) in [5, 5.41) is 10.1. The summed E-state index contributed by atoms with van der Waals surface area (Å²) in [6, 6.07) is 12.5. The Balaban J connectivity index is 2.07. The first-order valence-electron chi connectivity index (χ1n) is 6.61. The van der Waals surface area contributed by atoms with Crippen LogP contribution in [0.2, 0.25) is 0 Å². The van der Waals surface area contributed by atoms with Crippen molar-refractivity contribution in [3.63, 3.8) is 0 Å². The van der Waals surface area contributed by atoms with E-state index < -0.39 is 5.63 Å². The molecule has 0 aliphatic rings. The molecular formula is C17H12BrNO3. The van der Waals surface area contributed by atoms with Gasteiger partial charge in [0.15, 0.2) is 11.3 Å². The van der Waals surface area contributed by atoms with E-state index in [2.05, 4.69) is 20.9 Å². The fourth-order valence-corrected chi connectivity index (χ4v) is 2.31. The molecule has 4 nitrogen and oxygen atoms in total. The van der Waals surface area contributed by atoms with Gasteiger partial charge in [0.25, 0.3) is 0 Å². The van der Waals surface area contributed by atoms with Crippen molar-refractivity contribution in [3.8, 4) is 0 Å².